The Morgan fingerprint density at radius 3 is 2.81 bits per heavy atom. The Kier molecular flexibility index (Phi) is 3.39. The van der Waals surface area contributed by atoms with Crippen LogP contribution in [0.4, 0.5) is 5.82 Å². The maximum absolute atomic E-state index is 12.4. The summed E-state index contributed by atoms with van der Waals surface area (Å²) in [6.07, 6.45) is 0. The first-order chi connectivity index (χ1) is 10.1. The predicted molar refractivity (Wildman–Crippen MR) is 85.0 cm³/mol. The molecule has 2 aromatic carbocycles. The number of hydrogen-bond acceptors (Lipinski definition) is 2. The van der Waals surface area contributed by atoms with Gasteiger partial charge >= 0.3 is 0 Å². The number of nitrogens with one attached hydrogen (secondary N) is 2. The van der Waals surface area contributed by atoms with Crippen molar-refractivity contribution in [1.29, 1.82) is 0 Å². The zero-order valence-corrected chi connectivity index (χ0v) is 12.5. The molecule has 5 heteroatoms. The minimum Gasteiger partial charge on any atom is -0.305 e. The highest BCUT2D eigenvalue weighted by Crippen LogP contribution is 2.26. The lowest BCUT2D eigenvalue weighted by atomic mass is 10.1. The van der Waals surface area contributed by atoms with E-state index in [1.165, 1.54) is 0 Å². The van der Waals surface area contributed by atoms with Gasteiger partial charge in [-0.15, -0.1) is 0 Å². The number of carbonyl (C=O) groups is 1. The van der Waals surface area contributed by atoms with Crippen molar-refractivity contribution in [3.05, 3.63) is 58.1 Å². The van der Waals surface area contributed by atoms with Gasteiger partial charge in [0.1, 0.15) is 0 Å². The molecule has 0 aliphatic heterocycles. The quantitative estimate of drug-likeness (QED) is 0.749. The molecule has 0 spiro atoms. The number of nitrogens with zero attached hydrogens (tertiary/aromatic N) is 1. The van der Waals surface area contributed by atoms with Gasteiger partial charge in [0.25, 0.3) is 5.91 Å². The Bertz CT molecular complexity index is 839. The molecular weight excluding hydrogens is 286 g/mol. The van der Waals surface area contributed by atoms with Gasteiger partial charge in [-0.3, -0.25) is 9.89 Å². The summed E-state index contributed by atoms with van der Waals surface area (Å²) >= 11 is 6.08. The maximum atomic E-state index is 12.4. The highest BCUT2D eigenvalue weighted by atomic mass is 35.5. The van der Waals surface area contributed by atoms with Gasteiger partial charge < -0.3 is 5.32 Å². The number of amides is 1. The van der Waals surface area contributed by atoms with E-state index in [4.69, 9.17) is 11.6 Å². The van der Waals surface area contributed by atoms with Gasteiger partial charge in [-0.25, -0.2) is 0 Å². The Morgan fingerprint density at radius 2 is 2.05 bits per heavy atom. The number of fused-ring (bicyclic) bond motifs is 1. The molecular formula is C16H14ClN3O. The number of benzene rings is 2. The molecule has 4 nitrogen and oxygen atoms in total. The van der Waals surface area contributed by atoms with Gasteiger partial charge in [-0.2, -0.15) is 5.10 Å². The zero-order valence-electron chi connectivity index (χ0n) is 11.7. The molecule has 106 valence electrons. The summed E-state index contributed by atoms with van der Waals surface area (Å²) in [5, 5.41) is 11.2. The summed E-state index contributed by atoms with van der Waals surface area (Å²) in [5.74, 6) is 0.304. The lowest BCUT2D eigenvalue weighted by Crippen LogP contribution is -2.13. The molecule has 1 amide bonds. The fourth-order valence-electron chi connectivity index (χ4n) is 2.35. The lowest BCUT2D eigenvalue weighted by Gasteiger charge is -2.06. The number of aryl methyl sites for hydroxylation is 2. The third-order valence-corrected chi connectivity index (χ3v) is 3.72. The van der Waals surface area contributed by atoms with Gasteiger partial charge in [0, 0.05) is 10.9 Å². The molecule has 3 rings (SSSR count). The average molecular weight is 300 g/mol. The molecule has 1 heterocycles. The predicted octanol–water partition coefficient (Wildman–Crippen LogP) is 4.09. The summed E-state index contributed by atoms with van der Waals surface area (Å²) in [4.78, 5) is 12.4. The van der Waals surface area contributed by atoms with E-state index >= 15 is 0 Å². The van der Waals surface area contributed by atoms with E-state index in [0.717, 1.165) is 22.0 Å². The largest absolute Gasteiger partial charge is 0.305 e. The van der Waals surface area contributed by atoms with Crippen molar-refractivity contribution >= 4 is 34.2 Å². The number of halogens is 1. The van der Waals surface area contributed by atoms with E-state index in [9.17, 15) is 4.79 Å². The van der Waals surface area contributed by atoms with Crippen LogP contribution in [0.2, 0.25) is 5.02 Å². The minimum atomic E-state index is -0.180. The van der Waals surface area contributed by atoms with Crippen LogP contribution >= 0.6 is 11.6 Å². The van der Waals surface area contributed by atoms with Crippen LogP contribution in [0.15, 0.2) is 36.4 Å². The Hall–Kier alpha value is -2.33. The Labute approximate surface area is 127 Å². The van der Waals surface area contributed by atoms with Crippen molar-refractivity contribution in [3.8, 4) is 0 Å². The van der Waals surface area contributed by atoms with Crippen LogP contribution < -0.4 is 5.32 Å². The monoisotopic (exact) mass is 299 g/mol. The number of hydrogen-bond donors (Lipinski definition) is 2. The summed E-state index contributed by atoms with van der Waals surface area (Å²) in [5.41, 5.74) is 3.42. The van der Waals surface area contributed by atoms with E-state index in [-0.39, 0.29) is 5.91 Å². The Balaban J connectivity index is 1.95. The number of rotatable bonds is 2. The highest BCUT2D eigenvalue weighted by molar-refractivity contribution is 6.35. The zero-order chi connectivity index (χ0) is 15.0. The topological polar surface area (TPSA) is 57.8 Å². The lowest BCUT2D eigenvalue weighted by molar-refractivity contribution is 0.102. The van der Waals surface area contributed by atoms with E-state index in [0.29, 0.717) is 16.4 Å². The second-order valence-electron chi connectivity index (χ2n) is 5.01. The van der Waals surface area contributed by atoms with Gasteiger partial charge in [-0.05, 0) is 37.6 Å². The second-order valence-corrected chi connectivity index (χ2v) is 5.41. The first-order valence-corrected chi connectivity index (χ1v) is 6.95. The Morgan fingerprint density at radius 1 is 1.24 bits per heavy atom. The summed E-state index contributed by atoms with van der Waals surface area (Å²) in [6.45, 7) is 3.92. The number of para-hydroxylation sites is 1. The van der Waals surface area contributed by atoms with Gasteiger partial charge in [0.2, 0.25) is 0 Å². The van der Waals surface area contributed by atoms with Crippen LogP contribution in [-0.2, 0) is 0 Å². The fraction of sp³-hybridized carbons (Fsp3) is 0.125. The van der Waals surface area contributed by atoms with Crippen molar-refractivity contribution < 1.29 is 4.79 Å². The molecule has 21 heavy (non-hydrogen) atoms. The molecule has 0 aliphatic carbocycles. The van der Waals surface area contributed by atoms with Crippen LogP contribution in [0.3, 0.4) is 0 Å². The van der Waals surface area contributed by atoms with Crippen molar-refractivity contribution in [2.75, 3.05) is 5.32 Å². The minimum absolute atomic E-state index is 0.180. The molecule has 0 radical (unpaired) electrons. The number of anilines is 1. The molecule has 0 atom stereocenters. The number of aromatic nitrogens is 2. The van der Waals surface area contributed by atoms with E-state index < -0.39 is 0 Å². The second kappa shape index (κ2) is 5.22. The molecule has 0 bridgehead atoms. The molecule has 3 aromatic rings. The number of H-pyrrole nitrogens is 1. The van der Waals surface area contributed by atoms with Crippen LogP contribution in [0.1, 0.15) is 21.5 Å². The highest BCUT2D eigenvalue weighted by Gasteiger charge is 2.14. The molecule has 0 saturated carbocycles. The van der Waals surface area contributed by atoms with Gasteiger partial charge in [0.05, 0.1) is 10.5 Å². The van der Waals surface area contributed by atoms with Crippen LogP contribution in [-0.4, -0.2) is 16.1 Å². The molecule has 0 unspecified atom stereocenters. The standard InChI is InChI=1S/C16H14ClN3O/c1-9-6-7-11(10(2)8-9)16(21)18-15-12-4-3-5-13(17)14(12)19-20-15/h3-8H,1-2H3,(H2,18,19,20,21). The average Bonchev–Trinajstić information content (AvgIpc) is 2.83. The normalized spacial score (nSPS) is 10.8. The molecule has 0 aliphatic rings. The molecule has 0 fully saturated rings. The number of aromatic amines is 1. The van der Waals surface area contributed by atoms with Crippen LogP contribution in [0.25, 0.3) is 10.9 Å². The SMILES string of the molecule is Cc1ccc(C(=O)Nc2n[nH]c3c(Cl)cccc23)c(C)c1. The van der Waals surface area contributed by atoms with Crippen molar-refractivity contribution in [2.24, 2.45) is 0 Å². The molecule has 0 saturated heterocycles. The summed E-state index contributed by atoms with van der Waals surface area (Å²) in [7, 11) is 0. The first-order valence-electron chi connectivity index (χ1n) is 6.57. The third-order valence-electron chi connectivity index (χ3n) is 3.41. The number of carbonyl (C=O) groups excluding carboxylic acids is 1. The van der Waals surface area contributed by atoms with E-state index in [2.05, 4.69) is 15.5 Å². The van der Waals surface area contributed by atoms with Crippen molar-refractivity contribution in [2.45, 2.75) is 13.8 Å². The van der Waals surface area contributed by atoms with E-state index in [1.54, 1.807) is 6.07 Å². The van der Waals surface area contributed by atoms with Crippen molar-refractivity contribution in [1.82, 2.24) is 10.2 Å². The smallest absolute Gasteiger partial charge is 0.257 e. The fourth-order valence-corrected chi connectivity index (χ4v) is 2.56. The van der Waals surface area contributed by atoms with Crippen molar-refractivity contribution in [3.63, 3.8) is 0 Å². The maximum Gasteiger partial charge on any atom is 0.257 e. The van der Waals surface area contributed by atoms with Crippen LogP contribution in [0.5, 0.6) is 0 Å². The summed E-state index contributed by atoms with van der Waals surface area (Å²) < 4.78 is 0. The third kappa shape index (κ3) is 2.50. The van der Waals surface area contributed by atoms with E-state index in [1.807, 2.05) is 44.2 Å². The van der Waals surface area contributed by atoms with Crippen LogP contribution in [0, 0.1) is 13.8 Å². The van der Waals surface area contributed by atoms with Gasteiger partial charge in [0.15, 0.2) is 5.82 Å². The first kappa shape index (κ1) is 13.6. The summed E-state index contributed by atoms with van der Waals surface area (Å²) in [6, 6.07) is 11.2. The van der Waals surface area contributed by atoms with Gasteiger partial charge in [-0.1, -0.05) is 35.4 Å². The molecule has 1 aromatic heterocycles. The molecule has 2 N–H and O–H groups in total.